The Morgan fingerprint density at radius 1 is 1.33 bits per heavy atom. The maximum absolute atomic E-state index is 13.3. The number of hydrogen-bond acceptors (Lipinski definition) is 8. The number of nitrogen functional groups attached to an aromatic ring is 2. The minimum atomic E-state index is -2.72. The van der Waals surface area contributed by atoms with Gasteiger partial charge in [0.15, 0.2) is 5.82 Å². The Bertz CT molecular complexity index is 956. The molecule has 2 atom stereocenters. The molecule has 11 heteroatoms. The molecule has 0 spiro atoms. The second-order valence-electron chi connectivity index (χ2n) is 5.83. The topological polar surface area (TPSA) is 138 Å². The summed E-state index contributed by atoms with van der Waals surface area (Å²) in [4.78, 5) is 12.0. The van der Waals surface area contributed by atoms with Gasteiger partial charge < -0.3 is 22.1 Å². The van der Waals surface area contributed by atoms with Crippen LogP contribution in [0.1, 0.15) is 30.0 Å². The summed E-state index contributed by atoms with van der Waals surface area (Å²) in [6.07, 6.45) is -1.89. The zero-order chi connectivity index (χ0) is 19.7. The predicted octanol–water partition coefficient (Wildman–Crippen LogP) is 2.77. The Balaban J connectivity index is 1.86. The number of aliphatic imine (C=N–C) groups is 1. The van der Waals surface area contributed by atoms with Gasteiger partial charge >= 0.3 is 0 Å². The van der Waals surface area contributed by atoms with Crippen LogP contribution in [0.4, 0.5) is 32.1 Å². The van der Waals surface area contributed by atoms with E-state index in [1.807, 2.05) is 6.07 Å². The molecule has 0 saturated carbocycles. The van der Waals surface area contributed by atoms with E-state index in [0.29, 0.717) is 5.69 Å². The third-order valence-corrected chi connectivity index (χ3v) is 4.35. The fourth-order valence-electron chi connectivity index (χ4n) is 2.71. The van der Waals surface area contributed by atoms with E-state index in [1.165, 1.54) is 12.3 Å². The highest BCUT2D eigenvalue weighted by Crippen LogP contribution is 2.35. The Hall–Kier alpha value is -3.19. The summed E-state index contributed by atoms with van der Waals surface area (Å²) < 4.78 is 26.5. The molecule has 140 valence electrons. The van der Waals surface area contributed by atoms with Gasteiger partial charge in [0.2, 0.25) is 5.95 Å². The van der Waals surface area contributed by atoms with E-state index < -0.39 is 12.6 Å². The van der Waals surface area contributed by atoms with Crippen molar-refractivity contribution in [3.05, 3.63) is 33.8 Å². The number of benzene rings is 1. The van der Waals surface area contributed by atoms with Crippen LogP contribution >= 0.6 is 11.6 Å². The van der Waals surface area contributed by atoms with Gasteiger partial charge in [-0.3, -0.25) is 4.99 Å². The number of aromatic nitrogens is 2. The maximum atomic E-state index is 13.3. The molecule has 3 rings (SSSR count). The maximum Gasteiger partial charge on any atom is 0.265 e. The van der Waals surface area contributed by atoms with Gasteiger partial charge in [-0.25, -0.2) is 8.78 Å². The van der Waals surface area contributed by atoms with Crippen LogP contribution in [-0.2, 0) is 0 Å². The first kappa shape index (κ1) is 18.6. The van der Waals surface area contributed by atoms with Crippen LogP contribution in [0, 0.1) is 11.3 Å². The number of rotatable bonds is 4. The van der Waals surface area contributed by atoms with Gasteiger partial charge in [-0.1, -0.05) is 11.6 Å². The first-order valence-electron chi connectivity index (χ1n) is 7.81. The van der Waals surface area contributed by atoms with Crippen LogP contribution in [0.3, 0.4) is 0 Å². The molecule has 6 N–H and O–H groups in total. The zero-order valence-electron chi connectivity index (χ0n) is 14.0. The van der Waals surface area contributed by atoms with E-state index in [1.54, 1.807) is 13.0 Å². The number of fused-ring (bicyclic) bond motifs is 1. The molecule has 0 radical (unpaired) electrons. The summed E-state index contributed by atoms with van der Waals surface area (Å²) in [5, 5.41) is 15.3. The third-order valence-electron chi connectivity index (χ3n) is 4.02. The first-order valence-corrected chi connectivity index (χ1v) is 8.19. The van der Waals surface area contributed by atoms with Gasteiger partial charge in [0, 0.05) is 23.0 Å². The molecular formula is C16H15ClF2N8. The average molecular weight is 393 g/mol. The molecule has 0 fully saturated rings. The largest absolute Gasteiger partial charge is 0.382 e. The molecule has 0 bridgehead atoms. The van der Waals surface area contributed by atoms with Gasteiger partial charge in [0.05, 0.1) is 11.1 Å². The average Bonchev–Trinajstić information content (AvgIpc) is 2.60. The predicted molar refractivity (Wildman–Crippen MR) is 100 cm³/mol. The minimum absolute atomic E-state index is 0.0211. The summed E-state index contributed by atoms with van der Waals surface area (Å²) in [6, 6.07) is 4.54. The van der Waals surface area contributed by atoms with E-state index in [-0.39, 0.29) is 45.3 Å². The summed E-state index contributed by atoms with van der Waals surface area (Å²) in [6.45, 7) is 1.78. The van der Waals surface area contributed by atoms with Crippen molar-refractivity contribution in [3.63, 3.8) is 0 Å². The number of nitriles is 1. The number of hydrogen-bond donors (Lipinski definition) is 4. The van der Waals surface area contributed by atoms with E-state index in [0.717, 1.165) is 0 Å². The standard InChI is InChI=1S/C16H15ClF2N8/c1-6(24-15-7(4-20)13(21)26-16(22)27-15)14-23-5-8-10(25-14)3-2-9(17)11(8)12(18)19/h2-3,5-6,12,14,25H,1H3,(H5,21,22,24,26,27)/t6-,14?/m0/s1. The Morgan fingerprint density at radius 2 is 2.07 bits per heavy atom. The fourth-order valence-corrected chi connectivity index (χ4v) is 2.95. The van der Waals surface area contributed by atoms with Crippen molar-refractivity contribution >= 4 is 41.1 Å². The molecule has 1 aliphatic heterocycles. The number of nitrogens with two attached hydrogens (primary N) is 2. The summed E-state index contributed by atoms with van der Waals surface area (Å²) in [7, 11) is 0. The molecule has 8 nitrogen and oxygen atoms in total. The van der Waals surface area contributed by atoms with Crippen LogP contribution in [-0.4, -0.2) is 28.4 Å². The van der Waals surface area contributed by atoms with Gasteiger partial charge in [0.25, 0.3) is 6.43 Å². The van der Waals surface area contributed by atoms with Crippen LogP contribution < -0.4 is 22.1 Å². The van der Waals surface area contributed by atoms with Crippen LogP contribution in [0.15, 0.2) is 17.1 Å². The van der Waals surface area contributed by atoms with Crippen molar-refractivity contribution < 1.29 is 8.78 Å². The quantitative estimate of drug-likeness (QED) is 0.627. The van der Waals surface area contributed by atoms with Gasteiger partial charge in [0.1, 0.15) is 23.6 Å². The molecule has 0 amide bonds. The third kappa shape index (κ3) is 3.54. The highest BCUT2D eigenvalue weighted by atomic mass is 35.5. The zero-order valence-corrected chi connectivity index (χ0v) is 14.8. The van der Waals surface area contributed by atoms with E-state index in [4.69, 9.17) is 23.1 Å². The van der Waals surface area contributed by atoms with Crippen molar-refractivity contribution in [2.45, 2.75) is 25.6 Å². The molecule has 1 unspecified atom stereocenters. The molecule has 1 aliphatic rings. The number of anilines is 4. The fraction of sp³-hybridized carbons (Fsp3) is 0.250. The molecule has 2 aromatic rings. The Morgan fingerprint density at radius 3 is 2.74 bits per heavy atom. The van der Waals surface area contributed by atoms with Gasteiger partial charge in [-0.2, -0.15) is 15.2 Å². The van der Waals surface area contributed by atoms with Gasteiger partial charge in [-0.15, -0.1) is 0 Å². The van der Waals surface area contributed by atoms with E-state index in [2.05, 4.69) is 25.6 Å². The molecular weight excluding hydrogens is 378 g/mol. The van der Waals surface area contributed by atoms with Crippen molar-refractivity contribution in [2.75, 3.05) is 22.1 Å². The summed E-state index contributed by atoms with van der Waals surface area (Å²) in [5.41, 5.74) is 11.8. The highest BCUT2D eigenvalue weighted by Gasteiger charge is 2.26. The normalized spacial score (nSPS) is 16.4. The molecule has 27 heavy (non-hydrogen) atoms. The van der Waals surface area contributed by atoms with Crippen molar-refractivity contribution in [3.8, 4) is 6.07 Å². The monoisotopic (exact) mass is 392 g/mol. The SMILES string of the molecule is C[C@H](Nc1nc(N)nc(N)c1C#N)C1N=Cc2c(ccc(Cl)c2C(F)F)N1. The second-order valence-corrected chi connectivity index (χ2v) is 6.23. The Kier molecular flexibility index (Phi) is 4.96. The van der Waals surface area contributed by atoms with E-state index in [9.17, 15) is 14.0 Å². The molecule has 1 aromatic heterocycles. The summed E-state index contributed by atoms with van der Waals surface area (Å²) in [5.74, 6) is 0.0476. The van der Waals surface area contributed by atoms with Crippen molar-refractivity contribution in [2.24, 2.45) is 4.99 Å². The number of nitrogens with one attached hydrogen (secondary N) is 2. The van der Waals surface area contributed by atoms with E-state index >= 15 is 0 Å². The minimum Gasteiger partial charge on any atom is -0.382 e. The van der Waals surface area contributed by atoms with Crippen LogP contribution in [0.2, 0.25) is 5.02 Å². The Labute approximate surface area is 158 Å². The van der Waals surface area contributed by atoms with Crippen LogP contribution in [0.5, 0.6) is 0 Å². The lowest BCUT2D eigenvalue weighted by Crippen LogP contribution is -2.38. The summed E-state index contributed by atoms with van der Waals surface area (Å²) >= 11 is 5.88. The number of alkyl halides is 2. The first-order chi connectivity index (χ1) is 12.8. The second kappa shape index (κ2) is 7.20. The molecule has 0 aliphatic carbocycles. The van der Waals surface area contributed by atoms with Gasteiger partial charge in [-0.05, 0) is 19.1 Å². The smallest absolute Gasteiger partial charge is 0.265 e. The molecule has 1 aromatic carbocycles. The number of halogens is 3. The molecule has 0 saturated heterocycles. The highest BCUT2D eigenvalue weighted by molar-refractivity contribution is 6.32. The molecule has 2 heterocycles. The van der Waals surface area contributed by atoms with Crippen molar-refractivity contribution in [1.82, 2.24) is 9.97 Å². The lowest BCUT2D eigenvalue weighted by atomic mass is 10.0. The van der Waals surface area contributed by atoms with Crippen molar-refractivity contribution in [1.29, 1.82) is 5.26 Å². The number of nitrogens with zero attached hydrogens (tertiary/aromatic N) is 4. The lowest BCUT2D eigenvalue weighted by molar-refractivity contribution is 0.151. The van der Waals surface area contributed by atoms with Crippen LogP contribution in [0.25, 0.3) is 0 Å². The lowest BCUT2D eigenvalue weighted by Gasteiger charge is -2.29.